The first-order valence-electron chi connectivity index (χ1n) is 7.96. The molecule has 0 radical (unpaired) electrons. The van der Waals surface area contributed by atoms with E-state index in [-0.39, 0.29) is 5.91 Å². The lowest BCUT2D eigenvalue weighted by molar-refractivity contribution is -0.126. The van der Waals surface area contributed by atoms with Gasteiger partial charge in [0.1, 0.15) is 0 Å². The molecule has 0 spiro atoms. The van der Waals surface area contributed by atoms with Gasteiger partial charge in [-0.05, 0) is 23.8 Å². The third-order valence-electron chi connectivity index (χ3n) is 4.14. The van der Waals surface area contributed by atoms with Gasteiger partial charge in [-0.25, -0.2) is 0 Å². The van der Waals surface area contributed by atoms with Gasteiger partial charge in [0.05, 0.1) is 16.4 Å². The van der Waals surface area contributed by atoms with Gasteiger partial charge in [-0.2, -0.15) is 0 Å². The first-order chi connectivity index (χ1) is 11.6. The Labute approximate surface area is 147 Å². The molecule has 0 unspecified atom stereocenters. The second-order valence-electron chi connectivity index (χ2n) is 5.73. The van der Waals surface area contributed by atoms with Crippen LogP contribution in [0.15, 0.2) is 54.6 Å². The summed E-state index contributed by atoms with van der Waals surface area (Å²) in [5, 5.41) is 0.652. The van der Waals surface area contributed by atoms with Gasteiger partial charge >= 0.3 is 0 Å². The van der Waals surface area contributed by atoms with E-state index in [0.29, 0.717) is 23.8 Å². The van der Waals surface area contributed by atoms with Gasteiger partial charge in [-0.1, -0.05) is 48.0 Å². The van der Waals surface area contributed by atoms with E-state index in [0.717, 1.165) is 24.3 Å². The maximum absolute atomic E-state index is 12.3. The van der Waals surface area contributed by atoms with Crippen molar-refractivity contribution in [3.63, 3.8) is 0 Å². The molecule has 0 aliphatic carbocycles. The molecule has 0 saturated carbocycles. The first kappa shape index (κ1) is 16.4. The van der Waals surface area contributed by atoms with Crippen LogP contribution in [0.3, 0.4) is 0 Å². The minimum absolute atomic E-state index is 0.0330. The van der Waals surface area contributed by atoms with Crippen molar-refractivity contribution in [1.29, 1.82) is 0 Å². The van der Waals surface area contributed by atoms with Gasteiger partial charge in [0, 0.05) is 32.3 Å². The van der Waals surface area contributed by atoms with Crippen LogP contribution in [0.1, 0.15) is 5.56 Å². The fourth-order valence-electron chi connectivity index (χ4n) is 2.85. The number of nitrogen functional groups attached to an aromatic ring is 1. The van der Waals surface area contributed by atoms with E-state index in [1.54, 1.807) is 6.08 Å². The number of anilines is 2. The molecular formula is C19H20ClN3O. The Bertz CT molecular complexity index is 717. The van der Waals surface area contributed by atoms with Crippen LogP contribution >= 0.6 is 11.6 Å². The molecule has 1 fully saturated rings. The highest BCUT2D eigenvalue weighted by Crippen LogP contribution is 2.32. The Morgan fingerprint density at radius 1 is 1.00 bits per heavy atom. The van der Waals surface area contributed by atoms with E-state index in [4.69, 9.17) is 17.3 Å². The second-order valence-corrected chi connectivity index (χ2v) is 6.14. The Kier molecular flexibility index (Phi) is 5.06. The van der Waals surface area contributed by atoms with Crippen molar-refractivity contribution < 1.29 is 4.79 Å². The summed E-state index contributed by atoms with van der Waals surface area (Å²) in [5.74, 6) is 0.0330. The number of para-hydroxylation sites is 1. The minimum Gasteiger partial charge on any atom is -0.397 e. The smallest absolute Gasteiger partial charge is 0.246 e. The first-order valence-corrected chi connectivity index (χ1v) is 8.34. The molecular weight excluding hydrogens is 322 g/mol. The SMILES string of the molecule is Nc1cccc(Cl)c1N1CCN(C(=O)/C=C/c2ccccc2)CC1. The maximum Gasteiger partial charge on any atom is 0.246 e. The van der Waals surface area contributed by atoms with Crippen LogP contribution < -0.4 is 10.6 Å². The average Bonchev–Trinajstić information content (AvgIpc) is 2.61. The molecule has 124 valence electrons. The Morgan fingerprint density at radius 3 is 2.38 bits per heavy atom. The molecule has 0 atom stereocenters. The summed E-state index contributed by atoms with van der Waals surface area (Å²) < 4.78 is 0. The summed E-state index contributed by atoms with van der Waals surface area (Å²) in [6, 6.07) is 15.3. The van der Waals surface area contributed by atoms with Crippen LogP contribution in [0, 0.1) is 0 Å². The van der Waals surface area contributed by atoms with Gasteiger partial charge in [-0.15, -0.1) is 0 Å². The minimum atomic E-state index is 0.0330. The van der Waals surface area contributed by atoms with E-state index in [9.17, 15) is 4.79 Å². The Balaban J connectivity index is 1.61. The van der Waals surface area contributed by atoms with Crippen LogP contribution in [0.2, 0.25) is 5.02 Å². The summed E-state index contributed by atoms with van der Waals surface area (Å²) in [6.45, 7) is 2.75. The van der Waals surface area contributed by atoms with Crippen molar-refractivity contribution in [3.8, 4) is 0 Å². The van der Waals surface area contributed by atoms with E-state index in [2.05, 4.69) is 4.90 Å². The zero-order valence-electron chi connectivity index (χ0n) is 13.4. The molecule has 0 aromatic heterocycles. The monoisotopic (exact) mass is 341 g/mol. The quantitative estimate of drug-likeness (QED) is 0.688. The molecule has 1 aliphatic heterocycles. The summed E-state index contributed by atoms with van der Waals surface area (Å²) in [7, 11) is 0. The van der Waals surface area contributed by atoms with Crippen LogP contribution in [0.25, 0.3) is 6.08 Å². The molecule has 4 nitrogen and oxygen atoms in total. The van der Waals surface area contributed by atoms with Crippen molar-refractivity contribution in [1.82, 2.24) is 4.90 Å². The highest BCUT2D eigenvalue weighted by molar-refractivity contribution is 6.34. The van der Waals surface area contributed by atoms with Crippen LogP contribution in [-0.4, -0.2) is 37.0 Å². The van der Waals surface area contributed by atoms with Crippen molar-refractivity contribution >= 4 is 35.0 Å². The van der Waals surface area contributed by atoms with E-state index >= 15 is 0 Å². The number of carbonyl (C=O) groups excluding carboxylic acids is 1. The standard InChI is InChI=1S/C19H20ClN3O/c20-16-7-4-8-17(21)19(16)23-13-11-22(12-14-23)18(24)10-9-15-5-2-1-3-6-15/h1-10H,11-14,21H2/b10-9+. The van der Waals surface area contributed by atoms with E-state index in [1.807, 2.05) is 59.5 Å². The fourth-order valence-corrected chi connectivity index (χ4v) is 3.15. The van der Waals surface area contributed by atoms with E-state index < -0.39 is 0 Å². The average molecular weight is 342 g/mol. The number of hydrogen-bond donors (Lipinski definition) is 1. The molecule has 2 aromatic carbocycles. The highest BCUT2D eigenvalue weighted by Gasteiger charge is 2.22. The van der Waals surface area contributed by atoms with Gasteiger partial charge in [0.2, 0.25) is 5.91 Å². The number of nitrogens with two attached hydrogens (primary N) is 1. The number of nitrogens with zero attached hydrogens (tertiary/aromatic N) is 2. The third kappa shape index (κ3) is 3.71. The molecule has 1 aliphatic rings. The number of piperazine rings is 1. The van der Waals surface area contributed by atoms with Crippen LogP contribution in [0.5, 0.6) is 0 Å². The predicted octanol–water partition coefficient (Wildman–Crippen LogP) is 3.28. The van der Waals surface area contributed by atoms with Gasteiger partial charge in [-0.3, -0.25) is 4.79 Å². The number of amides is 1. The molecule has 2 aromatic rings. The lowest BCUT2D eigenvalue weighted by Crippen LogP contribution is -2.48. The van der Waals surface area contributed by atoms with E-state index in [1.165, 1.54) is 0 Å². The second kappa shape index (κ2) is 7.41. The molecule has 2 N–H and O–H groups in total. The van der Waals surface area contributed by atoms with Gasteiger partial charge in [0.25, 0.3) is 0 Å². The summed E-state index contributed by atoms with van der Waals surface area (Å²) >= 11 is 6.27. The van der Waals surface area contributed by atoms with Crippen LogP contribution in [-0.2, 0) is 4.79 Å². The lowest BCUT2D eigenvalue weighted by atomic mass is 10.2. The summed E-state index contributed by atoms with van der Waals surface area (Å²) in [6.07, 6.45) is 3.48. The molecule has 1 amide bonds. The number of benzene rings is 2. The largest absolute Gasteiger partial charge is 0.397 e. The number of halogens is 1. The maximum atomic E-state index is 12.3. The topological polar surface area (TPSA) is 49.6 Å². The van der Waals surface area contributed by atoms with Gasteiger partial charge in [0.15, 0.2) is 0 Å². The number of hydrogen-bond acceptors (Lipinski definition) is 3. The number of carbonyl (C=O) groups is 1. The highest BCUT2D eigenvalue weighted by atomic mass is 35.5. The van der Waals surface area contributed by atoms with Crippen molar-refractivity contribution in [2.24, 2.45) is 0 Å². The molecule has 5 heteroatoms. The molecule has 3 rings (SSSR count). The predicted molar refractivity (Wildman–Crippen MR) is 100 cm³/mol. The molecule has 24 heavy (non-hydrogen) atoms. The zero-order chi connectivity index (χ0) is 16.9. The van der Waals surface area contributed by atoms with Gasteiger partial charge < -0.3 is 15.5 Å². The number of rotatable bonds is 3. The molecule has 1 heterocycles. The third-order valence-corrected chi connectivity index (χ3v) is 4.45. The van der Waals surface area contributed by atoms with Crippen LogP contribution in [0.4, 0.5) is 11.4 Å². The summed E-state index contributed by atoms with van der Waals surface area (Å²) in [5.41, 5.74) is 8.60. The normalized spacial score (nSPS) is 15.0. The molecule has 1 saturated heterocycles. The van der Waals surface area contributed by atoms with Crippen molar-refractivity contribution in [3.05, 3.63) is 65.2 Å². The zero-order valence-corrected chi connectivity index (χ0v) is 14.1. The Hall–Kier alpha value is -2.46. The van der Waals surface area contributed by atoms with Crippen molar-refractivity contribution in [2.75, 3.05) is 36.8 Å². The fraction of sp³-hybridized carbons (Fsp3) is 0.211. The lowest BCUT2D eigenvalue weighted by Gasteiger charge is -2.36. The summed E-state index contributed by atoms with van der Waals surface area (Å²) in [4.78, 5) is 16.3. The Morgan fingerprint density at radius 2 is 1.71 bits per heavy atom. The molecule has 0 bridgehead atoms. The van der Waals surface area contributed by atoms with Crippen molar-refractivity contribution in [2.45, 2.75) is 0 Å².